The summed E-state index contributed by atoms with van der Waals surface area (Å²) in [5.41, 5.74) is 6.50. The van der Waals surface area contributed by atoms with Crippen LogP contribution in [0.2, 0.25) is 0 Å². The summed E-state index contributed by atoms with van der Waals surface area (Å²) >= 11 is 0. The zero-order chi connectivity index (χ0) is 26.8. The normalized spacial score (nSPS) is 12.0. The van der Waals surface area contributed by atoms with Gasteiger partial charge in [-0.3, -0.25) is 9.52 Å². The van der Waals surface area contributed by atoms with E-state index in [4.69, 9.17) is 24.7 Å². The van der Waals surface area contributed by atoms with Crippen molar-refractivity contribution in [2.24, 2.45) is 5.73 Å². The monoisotopic (exact) mass is 532 g/mol. The molecule has 1 amide bonds. The molecule has 0 saturated heterocycles. The molecule has 0 bridgehead atoms. The number of nitrogens with one attached hydrogen (secondary N) is 1. The van der Waals surface area contributed by atoms with E-state index in [1.54, 1.807) is 36.4 Å². The lowest BCUT2D eigenvalue weighted by atomic mass is 10.2. The summed E-state index contributed by atoms with van der Waals surface area (Å²) in [5.74, 6) is 0.305. The summed E-state index contributed by atoms with van der Waals surface area (Å²) in [5, 5.41) is 0. The number of sulfonamides is 1. The van der Waals surface area contributed by atoms with Gasteiger partial charge in [-0.25, -0.2) is 12.8 Å². The molecule has 0 aliphatic rings. The minimum absolute atomic E-state index is 0.0242. The number of hydrogen-bond donors (Lipinski definition) is 2. The Morgan fingerprint density at radius 3 is 2.27 bits per heavy atom. The van der Waals surface area contributed by atoms with Gasteiger partial charge in [0.05, 0.1) is 32.3 Å². The van der Waals surface area contributed by atoms with Crippen LogP contribution in [0.3, 0.4) is 0 Å². The summed E-state index contributed by atoms with van der Waals surface area (Å²) < 4.78 is 62.6. The molecule has 0 saturated carbocycles. The van der Waals surface area contributed by atoms with Gasteiger partial charge in [-0.15, -0.1) is 0 Å². The molecule has 9 nitrogen and oxygen atoms in total. The predicted molar refractivity (Wildman–Crippen MR) is 136 cm³/mol. The van der Waals surface area contributed by atoms with Gasteiger partial charge in [-0.1, -0.05) is 12.1 Å². The van der Waals surface area contributed by atoms with Gasteiger partial charge in [-0.2, -0.15) is 0 Å². The molecule has 3 rings (SSSR count). The summed E-state index contributed by atoms with van der Waals surface area (Å²) in [6.45, 7) is 0.426. The molecular formula is C26H29FN2O7S. The smallest absolute Gasteiger partial charge is 0.262 e. The number of halogens is 1. The lowest BCUT2D eigenvalue weighted by Gasteiger charge is -2.15. The maximum Gasteiger partial charge on any atom is 0.262 e. The first kappa shape index (κ1) is 27.8. The second kappa shape index (κ2) is 12.9. The van der Waals surface area contributed by atoms with Gasteiger partial charge >= 0.3 is 0 Å². The molecule has 0 aromatic heterocycles. The number of carbonyl (C=O) groups is 1. The number of anilines is 1. The Morgan fingerprint density at radius 2 is 1.65 bits per heavy atom. The van der Waals surface area contributed by atoms with Crippen molar-refractivity contribution in [1.29, 1.82) is 0 Å². The van der Waals surface area contributed by atoms with Gasteiger partial charge in [-0.05, 0) is 66.9 Å². The van der Waals surface area contributed by atoms with Crippen molar-refractivity contribution in [3.8, 4) is 17.2 Å². The topological polar surface area (TPSA) is 126 Å². The highest BCUT2D eigenvalue weighted by atomic mass is 32.2. The molecule has 0 aliphatic carbocycles. The zero-order valence-electron chi connectivity index (χ0n) is 20.5. The van der Waals surface area contributed by atoms with E-state index in [0.29, 0.717) is 42.4 Å². The minimum Gasteiger partial charge on any atom is -0.494 e. The Bertz CT molecular complexity index is 1280. The Kier molecular flexibility index (Phi) is 9.70. The van der Waals surface area contributed by atoms with Crippen LogP contribution in [0.1, 0.15) is 18.4 Å². The number of hydrogen-bond acceptors (Lipinski definition) is 7. The predicted octanol–water partition coefficient (Wildman–Crippen LogP) is 3.87. The molecule has 37 heavy (non-hydrogen) atoms. The van der Waals surface area contributed by atoms with Crippen LogP contribution < -0.4 is 24.7 Å². The fourth-order valence-electron chi connectivity index (χ4n) is 3.36. The summed E-state index contributed by atoms with van der Waals surface area (Å²) in [4.78, 5) is 11.7. The van der Waals surface area contributed by atoms with Gasteiger partial charge in [0, 0.05) is 11.8 Å². The first-order chi connectivity index (χ1) is 17.7. The van der Waals surface area contributed by atoms with Crippen LogP contribution in [-0.4, -0.2) is 41.3 Å². The second-order valence-corrected chi connectivity index (χ2v) is 9.65. The van der Waals surface area contributed by atoms with Crippen molar-refractivity contribution in [2.45, 2.75) is 30.4 Å². The van der Waals surface area contributed by atoms with Crippen molar-refractivity contribution >= 4 is 21.6 Å². The largest absolute Gasteiger partial charge is 0.494 e. The molecule has 1 atom stereocenters. The van der Waals surface area contributed by atoms with E-state index in [9.17, 15) is 17.6 Å². The lowest BCUT2D eigenvalue weighted by molar-refractivity contribution is -0.130. The third-order valence-corrected chi connectivity index (χ3v) is 6.71. The highest BCUT2D eigenvalue weighted by Crippen LogP contribution is 2.30. The van der Waals surface area contributed by atoms with Gasteiger partial charge in [0.15, 0.2) is 11.5 Å². The zero-order valence-corrected chi connectivity index (χ0v) is 21.3. The molecule has 3 N–H and O–H groups in total. The van der Waals surface area contributed by atoms with Crippen LogP contribution in [-0.2, 0) is 26.2 Å². The van der Waals surface area contributed by atoms with Crippen LogP contribution in [0.5, 0.6) is 17.2 Å². The van der Waals surface area contributed by atoms with Crippen molar-refractivity contribution in [3.63, 3.8) is 0 Å². The van der Waals surface area contributed by atoms with Crippen molar-refractivity contribution in [2.75, 3.05) is 25.5 Å². The van der Waals surface area contributed by atoms with E-state index < -0.39 is 22.0 Å². The first-order valence-corrected chi connectivity index (χ1v) is 12.8. The average Bonchev–Trinajstić information content (AvgIpc) is 2.89. The van der Waals surface area contributed by atoms with E-state index in [1.165, 1.54) is 44.6 Å². The third kappa shape index (κ3) is 8.09. The number of rotatable bonds is 14. The third-order valence-electron chi connectivity index (χ3n) is 5.33. The van der Waals surface area contributed by atoms with Gasteiger partial charge in [0.1, 0.15) is 17.7 Å². The average molecular weight is 533 g/mol. The molecule has 198 valence electrons. The number of amides is 1. The number of primary amides is 1. The number of carbonyl (C=O) groups excluding carboxylic acids is 1. The van der Waals surface area contributed by atoms with Crippen molar-refractivity contribution in [1.82, 2.24) is 0 Å². The first-order valence-electron chi connectivity index (χ1n) is 11.3. The number of ether oxygens (including phenoxy) is 4. The number of nitrogens with two attached hydrogens (primary N) is 1. The van der Waals surface area contributed by atoms with Crippen LogP contribution in [0.15, 0.2) is 71.6 Å². The van der Waals surface area contributed by atoms with Crippen molar-refractivity contribution in [3.05, 3.63) is 78.1 Å². The van der Waals surface area contributed by atoms with E-state index in [0.717, 1.165) is 5.56 Å². The van der Waals surface area contributed by atoms with E-state index in [-0.39, 0.29) is 17.3 Å². The highest BCUT2D eigenvalue weighted by molar-refractivity contribution is 7.92. The number of methoxy groups -OCH3 is 2. The quantitative estimate of drug-likeness (QED) is 0.302. The molecule has 11 heteroatoms. The number of benzene rings is 3. The Labute approximate surface area is 215 Å². The molecular weight excluding hydrogens is 503 g/mol. The molecule has 1 unspecified atom stereocenters. The fraction of sp³-hybridized carbons (Fsp3) is 0.269. The van der Waals surface area contributed by atoms with Gasteiger partial charge < -0.3 is 24.7 Å². The summed E-state index contributed by atoms with van der Waals surface area (Å²) in [6, 6.07) is 16.5. The van der Waals surface area contributed by atoms with Gasteiger partial charge in [0.2, 0.25) is 5.91 Å². The van der Waals surface area contributed by atoms with Gasteiger partial charge in [0.25, 0.3) is 10.0 Å². The minimum atomic E-state index is -3.85. The molecule has 0 aliphatic heterocycles. The van der Waals surface area contributed by atoms with E-state index >= 15 is 0 Å². The van der Waals surface area contributed by atoms with E-state index in [1.807, 2.05) is 0 Å². The fourth-order valence-corrected chi connectivity index (χ4v) is 4.43. The molecule has 3 aromatic carbocycles. The van der Waals surface area contributed by atoms with Crippen molar-refractivity contribution < 1.29 is 36.6 Å². The lowest BCUT2D eigenvalue weighted by Crippen LogP contribution is -2.31. The molecule has 0 radical (unpaired) electrons. The van der Waals surface area contributed by atoms with Crippen LogP contribution in [0, 0.1) is 5.82 Å². The highest BCUT2D eigenvalue weighted by Gasteiger charge is 2.18. The van der Waals surface area contributed by atoms with Crippen LogP contribution in [0.4, 0.5) is 10.1 Å². The maximum atomic E-state index is 13.0. The summed E-state index contributed by atoms with van der Waals surface area (Å²) in [6.07, 6.45) is 0.0340. The maximum absolute atomic E-state index is 13.0. The Balaban J connectivity index is 1.48. The Hall–Kier alpha value is -3.83. The molecule has 3 aromatic rings. The second-order valence-electron chi connectivity index (χ2n) is 7.97. The molecule has 0 spiro atoms. The van der Waals surface area contributed by atoms with E-state index in [2.05, 4.69) is 4.72 Å². The standard InChI is InChI=1S/C26H29FN2O7S/c1-33-23-14-13-22(16-25(23)34-2)37(31,32)29-20-9-11-21(12-10-20)35-15-3-4-24(26(28)30)36-17-18-5-7-19(27)8-6-18/h5-14,16,24,29H,3-4,15,17H2,1-2H3,(H2,28,30). The molecule has 0 heterocycles. The van der Waals surface area contributed by atoms with Crippen LogP contribution in [0.25, 0.3) is 0 Å². The SMILES string of the molecule is COc1ccc(S(=O)(=O)Nc2ccc(OCCCC(OCc3ccc(F)cc3)C(N)=O)cc2)cc1OC. The molecule has 0 fully saturated rings. The Morgan fingerprint density at radius 1 is 0.973 bits per heavy atom. The van der Waals surface area contributed by atoms with Crippen LogP contribution >= 0.6 is 0 Å². The summed E-state index contributed by atoms with van der Waals surface area (Å²) in [7, 11) is -0.960.